The largest absolute Gasteiger partial charge is 0.423 e. The van der Waals surface area contributed by atoms with Crippen molar-refractivity contribution in [1.82, 2.24) is 20.7 Å². The summed E-state index contributed by atoms with van der Waals surface area (Å²) in [4.78, 5) is 12.0. The van der Waals surface area contributed by atoms with Crippen molar-refractivity contribution in [3.63, 3.8) is 0 Å². The van der Waals surface area contributed by atoms with Crippen molar-refractivity contribution >= 4 is 5.91 Å². The Morgan fingerprint density at radius 3 is 2.41 bits per heavy atom. The number of carbonyl (C=O) groups excluding carboxylic acids is 1. The topological polar surface area (TPSA) is 94.1 Å². The maximum absolute atomic E-state index is 12.0. The van der Waals surface area contributed by atoms with Gasteiger partial charge >= 0.3 is 0 Å². The molecule has 2 aromatic rings. The van der Waals surface area contributed by atoms with E-state index in [4.69, 9.17) is 8.94 Å². The van der Waals surface area contributed by atoms with Gasteiger partial charge in [0.15, 0.2) is 0 Å². The van der Waals surface area contributed by atoms with Gasteiger partial charge < -0.3 is 14.3 Å². The van der Waals surface area contributed by atoms with Crippen LogP contribution in [0.3, 0.4) is 0 Å². The number of aryl methyl sites for hydroxylation is 2. The van der Waals surface area contributed by atoms with Gasteiger partial charge in [0.2, 0.25) is 17.7 Å². The van der Waals surface area contributed by atoms with Crippen LogP contribution < -0.4 is 5.32 Å². The molecule has 2 aromatic heterocycles. The van der Waals surface area contributed by atoms with Crippen molar-refractivity contribution in [2.24, 2.45) is 0 Å². The van der Waals surface area contributed by atoms with E-state index >= 15 is 0 Å². The molecule has 0 saturated heterocycles. The predicted octanol–water partition coefficient (Wildman–Crippen LogP) is 2.61. The first-order valence-corrected chi connectivity index (χ1v) is 7.43. The summed E-state index contributed by atoms with van der Waals surface area (Å²) >= 11 is 0. The van der Waals surface area contributed by atoms with Gasteiger partial charge in [-0.05, 0) is 27.2 Å². The lowest BCUT2D eigenvalue weighted by molar-refractivity contribution is -0.121. The predicted molar refractivity (Wildman–Crippen MR) is 79.2 cm³/mol. The number of nitrogens with zero attached hydrogens (tertiary/aromatic N) is 3. The minimum absolute atomic E-state index is 0.0724. The Hall–Kier alpha value is -2.18. The van der Waals surface area contributed by atoms with Crippen LogP contribution in [0.4, 0.5) is 0 Å². The standard InChI is InChI=1S/C15H22N4O3/c1-8(2)14-17-18-15(21-14)10(4)16-13(20)7-6-12-9(3)19-22-11(12)5/h8,10H,6-7H2,1-5H3,(H,16,20). The summed E-state index contributed by atoms with van der Waals surface area (Å²) in [6.45, 7) is 9.50. The molecule has 1 N–H and O–H groups in total. The first-order valence-electron chi connectivity index (χ1n) is 7.43. The van der Waals surface area contributed by atoms with Crippen molar-refractivity contribution < 1.29 is 13.7 Å². The van der Waals surface area contributed by atoms with E-state index in [-0.39, 0.29) is 17.9 Å². The molecular formula is C15H22N4O3. The Balaban J connectivity index is 1.88. The third kappa shape index (κ3) is 3.72. The lowest BCUT2D eigenvalue weighted by Crippen LogP contribution is -2.27. The van der Waals surface area contributed by atoms with E-state index in [0.717, 1.165) is 17.0 Å². The van der Waals surface area contributed by atoms with E-state index in [9.17, 15) is 4.79 Å². The van der Waals surface area contributed by atoms with Crippen LogP contribution >= 0.6 is 0 Å². The lowest BCUT2D eigenvalue weighted by Gasteiger charge is -2.09. The molecule has 0 spiro atoms. The monoisotopic (exact) mass is 306 g/mol. The highest BCUT2D eigenvalue weighted by Gasteiger charge is 2.18. The minimum atomic E-state index is -0.308. The Bertz CT molecular complexity index is 626. The molecule has 1 amide bonds. The summed E-state index contributed by atoms with van der Waals surface area (Å²) in [6.07, 6.45) is 0.958. The maximum atomic E-state index is 12.0. The van der Waals surface area contributed by atoms with E-state index in [1.54, 1.807) is 0 Å². The van der Waals surface area contributed by atoms with Crippen molar-refractivity contribution in [2.75, 3.05) is 0 Å². The molecule has 1 atom stereocenters. The van der Waals surface area contributed by atoms with Crippen LogP contribution in [0.2, 0.25) is 0 Å². The van der Waals surface area contributed by atoms with Crippen LogP contribution in [-0.2, 0) is 11.2 Å². The summed E-state index contributed by atoms with van der Waals surface area (Å²) in [5.41, 5.74) is 1.82. The molecule has 0 aliphatic heterocycles. The smallest absolute Gasteiger partial charge is 0.238 e. The number of nitrogens with one attached hydrogen (secondary N) is 1. The fraction of sp³-hybridized carbons (Fsp3) is 0.600. The van der Waals surface area contributed by atoms with Crippen LogP contribution in [0.25, 0.3) is 0 Å². The van der Waals surface area contributed by atoms with Gasteiger partial charge in [0.1, 0.15) is 11.8 Å². The second kappa shape index (κ2) is 6.72. The minimum Gasteiger partial charge on any atom is -0.423 e. The Morgan fingerprint density at radius 2 is 1.86 bits per heavy atom. The maximum Gasteiger partial charge on any atom is 0.238 e. The average Bonchev–Trinajstić information content (AvgIpc) is 3.05. The zero-order valence-electron chi connectivity index (χ0n) is 13.6. The number of hydrogen-bond acceptors (Lipinski definition) is 6. The Labute approximate surface area is 129 Å². The molecule has 7 heteroatoms. The van der Waals surface area contributed by atoms with Crippen molar-refractivity contribution in [3.05, 3.63) is 28.8 Å². The normalized spacial score (nSPS) is 12.6. The van der Waals surface area contributed by atoms with Crippen molar-refractivity contribution in [1.29, 1.82) is 0 Å². The van der Waals surface area contributed by atoms with Gasteiger partial charge in [0.25, 0.3) is 0 Å². The third-order valence-corrected chi connectivity index (χ3v) is 3.48. The highest BCUT2D eigenvalue weighted by atomic mass is 16.5. The average molecular weight is 306 g/mol. The molecule has 0 aliphatic rings. The molecule has 0 bridgehead atoms. The molecule has 0 radical (unpaired) electrons. The van der Waals surface area contributed by atoms with E-state index in [2.05, 4.69) is 20.7 Å². The molecule has 0 fully saturated rings. The van der Waals surface area contributed by atoms with E-state index in [1.807, 2.05) is 34.6 Å². The molecule has 0 aliphatic carbocycles. The highest BCUT2D eigenvalue weighted by molar-refractivity contribution is 5.76. The van der Waals surface area contributed by atoms with Gasteiger partial charge in [-0.3, -0.25) is 4.79 Å². The second-order valence-corrected chi connectivity index (χ2v) is 5.73. The van der Waals surface area contributed by atoms with Crippen LogP contribution in [0.5, 0.6) is 0 Å². The van der Waals surface area contributed by atoms with Gasteiger partial charge in [-0.15, -0.1) is 10.2 Å². The molecule has 2 heterocycles. The van der Waals surface area contributed by atoms with Gasteiger partial charge in [0, 0.05) is 17.9 Å². The molecule has 1 unspecified atom stereocenters. The van der Waals surface area contributed by atoms with E-state index in [0.29, 0.717) is 24.6 Å². The molecular weight excluding hydrogens is 284 g/mol. The number of rotatable bonds is 6. The fourth-order valence-electron chi connectivity index (χ4n) is 2.13. The highest BCUT2D eigenvalue weighted by Crippen LogP contribution is 2.17. The Kier molecular flexibility index (Phi) is 4.95. The van der Waals surface area contributed by atoms with Crippen LogP contribution in [0, 0.1) is 13.8 Å². The molecule has 0 aromatic carbocycles. The summed E-state index contributed by atoms with van der Waals surface area (Å²) in [6, 6.07) is -0.308. The SMILES string of the molecule is Cc1noc(C)c1CCC(=O)NC(C)c1nnc(C(C)C)o1. The first-order chi connectivity index (χ1) is 10.4. The van der Waals surface area contributed by atoms with Gasteiger partial charge in [-0.25, -0.2) is 0 Å². The summed E-state index contributed by atoms with van der Waals surface area (Å²) < 4.78 is 10.6. The molecule has 7 nitrogen and oxygen atoms in total. The number of hydrogen-bond donors (Lipinski definition) is 1. The number of amides is 1. The Morgan fingerprint density at radius 1 is 1.18 bits per heavy atom. The first kappa shape index (κ1) is 16.2. The second-order valence-electron chi connectivity index (χ2n) is 5.73. The van der Waals surface area contributed by atoms with Crippen LogP contribution in [0.1, 0.15) is 68.0 Å². The lowest BCUT2D eigenvalue weighted by atomic mass is 10.1. The van der Waals surface area contributed by atoms with Gasteiger partial charge in [-0.1, -0.05) is 19.0 Å². The van der Waals surface area contributed by atoms with E-state index < -0.39 is 0 Å². The zero-order chi connectivity index (χ0) is 16.3. The van der Waals surface area contributed by atoms with E-state index in [1.165, 1.54) is 0 Å². The fourth-order valence-corrected chi connectivity index (χ4v) is 2.13. The number of carbonyl (C=O) groups is 1. The van der Waals surface area contributed by atoms with Gasteiger partial charge in [-0.2, -0.15) is 0 Å². The van der Waals surface area contributed by atoms with Crippen LogP contribution in [0.15, 0.2) is 8.94 Å². The third-order valence-electron chi connectivity index (χ3n) is 3.48. The van der Waals surface area contributed by atoms with Gasteiger partial charge in [0.05, 0.1) is 5.69 Å². The molecule has 0 saturated carbocycles. The quantitative estimate of drug-likeness (QED) is 0.881. The summed E-state index contributed by atoms with van der Waals surface area (Å²) in [5, 5.41) is 14.7. The van der Waals surface area contributed by atoms with Crippen molar-refractivity contribution in [3.8, 4) is 0 Å². The summed E-state index contributed by atoms with van der Waals surface area (Å²) in [5.74, 6) is 1.86. The summed E-state index contributed by atoms with van der Waals surface area (Å²) in [7, 11) is 0. The molecule has 2 rings (SSSR count). The van der Waals surface area contributed by atoms with Crippen molar-refractivity contribution in [2.45, 2.75) is 59.4 Å². The molecule has 22 heavy (non-hydrogen) atoms. The number of aromatic nitrogens is 3. The zero-order valence-corrected chi connectivity index (χ0v) is 13.6. The van der Waals surface area contributed by atoms with Crippen LogP contribution in [-0.4, -0.2) is 21.3 Å². The molecule has 120 valence electrons.